The smallest absolute Gasteiger partial charge is 0.375 e. The van der Waals surface area contributed by atoms with Gasteiger partial charge in [0.2, 0.25) is 5.60 Å². The molecule has 0 heterocycles. The molecule has 0 saturated heterocycles. The Labute approximate surface area is 98.0 Å². The largest absolute Gasteiger partial charge is 0.423 e. The Morgan fingerprint density at radius 3 is 2.12 bits per heavy atom. The van der Waals surface area contributed by atoms with Gasteiger partial charge in [0, 0.05) is 0 Å². The fourth-order valence-corrected chi connectivity index (χ4v) is 1.33. The molecule has 1 unspecified atom stereocenters. The van der Waals surface area contributed by atoms with Gasteiger partial charge in [-0.15, -0.1) is 0 Å². The van der Waals surface area contributed by atoms with E-state index in [1.807, 2.05) is 0 Å². The SMILES string of the molecule is CC(C)OCC(O)(c1ccccc1)C(F)(F)F. The summed E-state index contributed by atoms with van der Waals surface area (Å²) >= 11 is 0. The van der Waals surface area contributed by atoms with Crippen molar-refractivity contribution in [2.75, 3.05) is 6.61 Å². The minimum Gasteiger partial charge on any atom is -0.375 e. The number of alkyl halides is 3. The van der Waals surface area contributed by atoms with Crippen molar-refractivity contribution in [3.8, 4) is 0 Å². The van der Waals surface area contributed by atoms with Crippen LogP contribution in [0.15, 0.2) is 30.3 Å². The van der Waals surface area contributed by atoms with Crippen LogP contribution in [0.25, 0.3) is 0 Å². The van der Waals surface area contributed by atoms with E-state index in [2.05, 4.69) is 0 Å². The fourth-order valence-electron chi connectivity index (χ4n) is 1.33. The van der Waals surface area contributed by atoms with E-state index in [9.17, 15) is 18.3 Å². The summed E-state index contributed by atoms with van der Waals surface area (Å²) < 4.78 is 43.6. The lowest BCUT2D eigenvalue weighted by molar-refractivity contribution is -0.284. The van der Waals surface area contributed by atoms with Gasteiger partial charge in [-0.3, -0.25) is 0 Å². The van der Waals surface area contributed by atoms with Crippen LogP contribution in [0.1, 0.15) is 19.4 Å². The molecule has 1 rings (SSSR count). The number of hydrogen-bond donors (Lipinski definition) is 1. The molecule has 1 N–H and O–H groups in total. The summed E-state index contributed by atoms with van der Waals surface area (Å²) in [4.78, 5) is 0. The second-order valence-corrected chi connectivity index (χ2v) is 4.08. The molecule has 0 saturated carbocycles. The highest BCUT2D eigenvalue weighted by atomic mass is 19.4. The number of benzene rings is 1. The van der Waals surface area contributed by atoms with Crippen LogP contribution in [-0.2, 0) is 10.3 Å². The van der Waals surface area contributed by atoms with E-state index < -0.39 is 18.4 Å². The molecule has 0 aliphatic carbocycles. The zero-order valence-electron chi connectivity index (χ0n) is 9.66. The monoisotopic (exact) mass is 248 g/mol. The van der Waals surface area contributed by atoms with Gasteiger partial charge in [-0.25, -0.2) is 0 Å². The maximum absolute atomic E-state index is 12.9. The van der Waals surface area contributed by atoms with Crippen molar-refractivity contribution in [2.45, 2.75) is 31.7 Å². The van der Waals surface area contributed by atoms with Crippen LogP contribution in [0.2, 0.25) is 0 Å². The van der Waals surface area contributed by atoms with E-state index in [1.165, 1.54) is 24.3 Å². The van der Waals surface area contributed by atoms with Crippen molar-refractivity contribution < 1.29 is 23.0 Å². The predicted molar refractivity (Wildman–Crippen MR) is 57.5 cm³/mol. The van der Waals surface area contributed by atoms with Gasteiger partial charge in [-0.2, -0.15) is 13.2 Å². The van der Waals surface area contributed by atoms with Gasteiger partial charge in [0.15, 0.2) is 0 Å². The lowest BCUT2D eigenvalue weighted by Crippen LogP contribution is -2.46. The summed E-state index contributed by atoms with van der Waals surface area (Å²) in [5.41, 5.74) is -3.17. The fraction of sp³-hybridized carbons (Fsp3) is 0.500. The third-order valence-electron chi connectivity index (χ3n) is 2.35. The lowest BCUT2D eigenvalue weighted by Gasteiger charge is -2.31. The van der Waals surface area contributed by atoms with Gasteiger partial charge in [0.25, 0.3) is 0 Å². The van der Waals surface area contributed by atoms with Crippen molar-refractivity contribution in [2.24, 2.45) is 0 Å². The Hall–Kier alpha value is -1.07. The standard InChI is InChI=1S/C12H15F3O2/c1-9(2)17-8-11(16,12(13,14)15)10-6-4-3-5-7-10/h3-7,9,16H,8H2,1-2H3. The molecule has 1 aromatic carbocycles. The molecule has 0 bridgehead atoms. The van der Waals surface area contributed by atoms with Crippen molar-refractivity contribution in [3.05, 3.63) is 35.9 Å². The molecular weight excluding hydrogens is 233 g/mol. The molecule has 96 valence electrons. The van der Waals surface area contributed by atoms with Gasteiger partial charge in [0.1, 0.15) is 0 Å². The molecule has 0 amide bonds. The first kappa shape index (κ1) is 14.0. The highest BCUT2D eigenvalue weighted by Crippen LogP contribution is 2.39. The van der Waals surface area contributed by atoms with Crippen LogP contribution in [-0.4, -0.2) is 24.0 Å². The average Bonchev–Trinajstić information content (AvgIpc) is 2.25. The molecule has 0 fully saturated rings. The van der Waals surface area contributed by atoms with Gasteiger partial charge in [-0.05, 0) is 19.4 Å². The van der Waals surface area contributed by atoms with Crippen molar-refractivity contribution >= 4 is 0 Å². The lowest BCUT2D eigenvalue weighted by atomic mass is 9.94. The number of ether oxygens (including phenoxy) is 1. The molecule has 0 radical (unpaired) electrons. The number of rotatable bonds is 4. The molecule has 0 aliphatic rings. The predicted octanol–water partition coefficient (Wildman–Crippen LogP) is 2.86. The maximum atomic E-state index is 12.9. The van der Waals surface area contributed by atoms with Crippen molar-refractivity contribution in [3.63, 3.8) is 0 Å². The van der Waals surface area contributed by atoms with Crippen molar-refractivity contribution in [1.82, 2.24) is 0 Å². The minimum absolute atomic E-state index is 0.215. The third-order valence-corrected chi connectivity index (χ3v) is 2.35. The molecule has 2 nitrogen and oxygen atoms in total. The topological polar surface area (TPSA) is 29.5 Å². The van der Waals surface area contributed by atoms with E-state index in [0.29, 0.717) is 0 Å². The van der Waals surface area contributed by atoms with Crippen molar-refractivity contribution in [1.29, 1.82) is 0 Å². The molecule has 0 aromatic heterocycles. The molecule has 5 heteroatoms. The Bertz CT molecular complexity index is 349. The van der Waals surface area contributed by atoms with Gasteiger partial charge in [0.05, 0.1) is 12.7 Å². The summed E-state index contributed by atoms with van der Waals surface area (Å²) in [6, 6.07) is 6.95. The van der Waals surface area contributed by atoms with Gasteiger partial charge >= 0.3 is 6.18 Å². The molecule has 17 heavy (non-hydrogen) atoms. The normalized spacial score (nSPS) is 15.9. The van der Waals surface area contributed by atoms with E-state index in [0.717, 1.165) is 0 Å². The zero-order chi connectivity index (χ0) is 13.1. The summed E-state index contributed by atoms with van der Waals surface area (Å²) in [6.07, 6.45) is -5.16. The maximum Gasteiger partial charge on any atom is 0.423 e. The summed E-state index contributed by atoms with van der Waals surface area (Å²) in [5.74, 6) is 0. The second-order valence-electron chi connectivity index (χ2n) is 4.08. The van der Waals surface area contributed by atoms with Crippen LogP contribution in [0.4, 0.5) is 13.2 Å². The van der Waals surface area contributed by atoms with Crippen LogP contribution in [0, 0.1) is 0 Å². The van der Waals surface area contributed by atoms with Gasteiger partial charge < -0.3 is 9.84 Å². The summed E-state index contributed by atoms with van der Waals surface area (Å²) in [6.45, 7) is 2.42. The van der Waals surface area contributed by atoms with Crippen LogP contribution >= 0.6 is 0 Å². The van der Waals surface area contributed by atoms with E-state index in [1.54, 1.807) is 19.9 Å². The van der Waals surface area contributed by atoms with E-state index >= 15 is 0 Å². The third kappa shape index (κ3) is 3.20. The first-order valence-electron chi connectivity index (χ1n) is 5.23. The molecule has 0 aliphatic heterocycles. The van der Waals surface area contributed by atoms with Gasteiger partial charge in [-0.1, -0.05) is 30.3 Å². The highest BCUT2D eigenvalue weighted by Gasteiger charge is 2.55. The quantitative estimate of drug-likeness (QED) is 0.887. The Kier molecular flexibility index (Phi) is 4.16. The number of hydrogen-bond acceptors (Lipinski definition) is 2. The molecular formula is C12H15F3O2. The second kappa shape index (κ2) is 5.06. The molecule has 1 atom stereocenters. The highest BCUT2D eigenvalue weighted by molar-refractivity contribution is 5.24. The Morgan fingerprint density at radius 2 is 1.71 bits per heavy atom. The van der Waals surface area contributed by atoms with E-state index in [-0.39, 0.29) is 11.7 Å². The average molecular weight is 248 g/mol. The summed E-state index contributed by atoms with van der Waals surface area (Å²) in [5, 5.41) is 9.82. The molecule has 0 spiro atoms. The summed E-state index contributed by atoms with van der Waals surface area (Å²) in [7, 11) is 0. The zero-order valence-corrected chi connectivity index (χ0v) is 9.66. The van der Waals surface area contributed by atoms with E-state index in [4.69, 9.17) is 4.74 Å². The number of aliphatic hydroxyl groups is 1. The Morgan fingerprint density at radius 1 is 1.18 bits per heavy atom. The first-order valence-corrected chi connectivity index (χ1v) is 5.23. The first-order chi connectivity index (χ1) is 7.77. The molecule has 1 aromatic rings. The van der Waals surface area contributed by atoms with Crippen LogP contribution in [0.3, 0.4) is 0 Å². The minimum atomic E-state index is -4.77. The van der Waals surface area contributed by atoms with Crippen LogP contribution in [0.5, 0.6) is 0 Å². The van der Waals surface area contributed by atoms with Crippen LogP contribution < -0.4 is 0 Å². The number of halogens is 3. The Balaban J connectivity index is 3.03.